The molecule has 0 saturated carbocycles. The van der Waals surface area contributed by atoms with Gasteiger partial charge in [-0.1, -0.05) is 38.1 Å². The number of hydrogen-bond donors (Lipinski definition) is 1. The number of allylic oxidation sites excluding steroid dienone is 4. The Hall–Kier alpha value is -3.80. The molecule has 0 unspecified atom stereocenters. The zero-order valence-electron chi connectivity index (χ0n) is 20.2. The Balaban J connectivity index is 0.00000199. The van der Waals surface area contributed by atoms with Crippen LogP contribution in [0, 0.1) is 18.6 Å². The number of nitrogens with one attached hydrogen (secondary N) is 1. The molecule has 6 heteroatoms. The van der Waals surface area contributed by atoms with Crippen LogP contribution in [0.4, 0.5) is 8.78 Å². The van der Waals surface area contributed by atoms with E-state index in [1.807, 2.05) is 52.0 Å². The molecule has 1 aromatic heterocycles. The fraction of sp³-hybridized carbons (Fsp3) is 0.214. The predicted molar refractivity (Wildman–Crippen MR) is 133 cm³/mol. The molecule has 34 heavy (non-hydrogen) atoms. The van der Waals surface area contributed by atoms with Crippen molar-refractivity contribution in [3.63, 3.8) is 0 Å². The Morgan fingerprint density at radius 2 is 1.76 bits per heavy atom. The number of carbonyl (C=O) groups is 1. The van der Waals surface area contributed by atoms with Crippen LogP contribution in [0.25, 0.3) is 5.57 Å². The van der Waals surface area contributed by atoms with Crippen LogP contribution in [-0.4, -0.2) is 10.9 Å². The van der Waals surface area contributed by atoms with Crippen molar-refractivity contribution in [3.8, 4) is 11.5 Å². The van der Waals surface area contributed by atoms with Gasteiger partial charge in [-0.25, -0.2) is 8.78 Å². The molecule has 1 heterocycles. The number of amides is 1. The Labute approximate surface area is 200 Å². The van der Waals surface area contributed by atoms with Gasteiger partial charge < -0.3 is 10.1 Å². The molecule has 0 aliphatic carbocycles. The molecule has 3 rings (SSSR count). The molecule has 0 fully saturated rings. The third-order valence-corrected chi connectivity index (χ3v) is 4.82. The maximum atomic E-state index is 13.4. The highest BCUT2D eigenvalue weighted by Crippen LogP contribution is 2.28. The molecule has 1 N–H and O–H groups in total. The van der Waals surface area contributed by atoms with Crippen LogP contribution >= 0.6 is 0 Å². The lowest BCUT2D eigenvalue weighted by atomic mass is 10.1. The SMILES string of the molecule is C/C=C\C(=C/C)c1cc(Oc2cccc(C(=O)NCc3cc(F)cc(F)c3)c2C)ccn1.CC. The minimum atomic E-state index is -0.687. The lowest BCUT2D eigenvalue weighted by Gasteiger charge is -2.13. The summed E-state index contributed by atoms with van der Waals surface area (Å²) >= 11 is 0. The third-order valence-electron chi connectivity index (χ3n) is 4.82. The summed E-state index contributed by atoms with van der Waals surface area (Å²) in [5, 5.41) is 2.69. The van der Waals surface area contributed by atoms with Crippen molar-refractivity contribution >= 4 is 11.5 Å². The van der Waals surface area contributed by atoms with E-state index in [9.17, 15) is 13.6 Å². The average Bonchev–Trinajstić information content (AvgIpc) is 2.83. The van der Waals surface area contributed by atoms with Gasteiger partial charge in [-0.05, 0) is 62.2 Å². The summed E-state index contributed by atoms with van der Waals surface area (Å²) in [6.45, 7) is 9.66. The smallest absolute Gasteiger partial charge is 0.251 e. The monoisotopic (exact) mass is 464 g/mol. The second-order valence-corrected chi connectivity index (χ2v) is 7.11. The lowest BCUT2D eigenvalue weighted by molar-refractivity contribution is 0.0950. The molecule has 1 amide bonds. The van der Waals surface area contributed by atoms with Gasteiger partial charge in [0.2, 0.25) is 0 Å². The summed E-state index contributed by atoms with van der Waals surface area (Å²) in [6.07, 6.45) is 7.54. The van der Waals surface area contributed by atoms with E-state index in [4.69, 9.17) is 4.74 Å². The number of benzene rings is 2. The molecule has 0 saturated heterocycles. The van der Waals surface area contributed by atoms with E-state index in [2.05, 4.69) is 10.3 Å². The van der Waals surface area contributed by atoms with E-state index in [-0.39, 0.29) is 12.5 Å². The third kappa shape index (κ3) is 7.10. The molecular weight excluding hydrogens is 434 g/mol. The molecule has 4 nitrogen and oxygen atoms in total. The summed E-state index contributed by atoms with van der Waals surface area (Å²) in [7, 11) is 0. The van der Waals surface area contributed by atoms with Crippen LogP contribution in [0.3, 0.4) is 0 Å². The predicted octanol–water partition coefficient (Wildman–Crippen LogP) is 7.40. The molecular formula is C28H30F2N2O2. The summed E-state index contributed by atoms with van der Waals surface area (Å²) in [5.74, 6) is -0.618. The second kappa shape index (κ2) is 13.0. The van der Waals surface area contributed by atoms with E-state index < -0.39 is 11.6 Å². The molecule has 0 atom stereocenters. The number of rotatable bonds is 7. The molecule has 2 aromatic carbocycles. The normalized spacial score (nSPS) is 11.1. The highest BCUT2D eigenvalue weighted by Gasteiger charge is 2.14. The van der Waals surface area contributed by atoms with Crippen LogP contribution < -0.4 is 10.1 Å². The summed E-state index contributed by atoms with van der Waals surface area (Å²) in [5.41, 5.74) is 3.14. The van der Waals surface area contributed by atoms with E-state index in [0.29, 0.717) is 28.2 Å². The van der Waals surface area contributed by atoms with Crippen molar-refractivity contribution in [3.05, 3.63) is 107 Å². The van der Waals surface area contributed by atoms with Crippen molar-refractivity contribution in [2.45, 2.75) is 41.2 Å². The highest BCUT2D eigenvalue weighted by molar-refractivity contribution is 5.96. The fourth-order valence-corrected chi connectivity index (χ4v) is 3.23. The minimum absolute atomic E-state index is 0.00281. The van der Waals surface area contributed by atoms with Crippen molar-refractivity contribution in [1.82, 2.24) is 10.3 Å². The first-order chi connectivity index (χ1) is 16.4. The first-order valence-electron chi connectivity index (χ1n) is 11.2. The van der Waals surface area contributed by atoms with Gasteiger partial charge in [0.05, 0.1) is 5.69 Å². The topological polar surface area (TPSA) is 51.2 Å². The number of carbonyl (C=O) groups excluding carboxylic acids is 1. The largest absolute Gasteiger partial charge is 0.457 e. The van der Waals surface area contributed by atoms with Crippen LogP contribution in [0.15, 0.2) is 73.0 Å². The number of nitrogens with zero attached hydrogens (tertiary/aromatic N) is 1. The van der Waals surface area contributed by atoms with Gasteiger partial charge in [0.1, 0.15) is 23.1 Å². The quantitative estimate of drug-likeness (QED) is 0.371. The van der Waals surface area contributed by atoms with Crippen molar-refractivity contribution in [1.29, 1.82) is 0 Å². The highest BCUT2D eigenvalue weighted by atomic mass is 19.1. The first-order valence-corrected chi connectivity index (χ1v) is 11.2. The number of aromatic nitrogens is 1. The first kappa shape index (κ1) is 26.5. The number of pyridine rings is 1. The number of hydrogen-bond acceptors (Lipinski definition) is 3. The Morgan fingerprint density at radius 3 is 2.41 bits per heavy atom. The molecule has 3 aromatic rings. The Bertz CT molecular complexity index is 1170. The maximum absolute atomic E-state index is 13.4. The van der Waals surface area contributed by atoms with E-state index in [1.54, 1.807) is 37.4 Å². The van der Waals surface area contributed by atoms with Gasteiger partial charge >= 0.3 is 0 Å². The van der Waals surface area contributed by atoms with Crippen molar-refractivity contribution in [2.24, 2.45) is 0 Å². The van der Waals surface area contributed by atoms with Gasteiger partial charge in [0, 0.05) is 36.0 Å². The van der Waals surface area contributed by atoms with Crippen molar-refractivity contribution in [2.75, 3.05) is 0 Å². The number of ether oxygens (including phenoxy) is 1. The van der Waals surface area contributed by atoms with Gasteiger partial charge in [-0.2, -0.15) is 0 Å². The average molecular weight is 465 g/mol. The van der Waals surface area contributed by atoms with E-state index >= 15 is 0 Å². The zero-order chi connectivity index (χ0) is 25.1. The van der Waals surface area contributed by atoms with Crippen LogP contribution in [0.5, 0.6) is 11.5 Å². The Morgan fingerprint density at radius 1 is 1.06 bits per heavy atom. The number of halogens is 2. The van der Waals surface area contributed by atoms with Gasteiger partial charge in [-0.15, -0.1) is 0 Å². The minimum Gasteiger partial charge on any atom is -0.457 e. The summed E-state index contributed by atoms with van der Waals surface area (Å²) in [6, 6.07) is 11.9. The van der Waals surface area contributed by atoms with E-state index in [0.717, 1.165) is 17.3 Å². The second-order valence-electron chi connectivity index (χ2n) is 7.11. The molecule has 0 aliphatic heterocycles. The van der Waals surface area contributed by atoms with Gasteiger partial charge in [0.25, 0.3) is 5.91 Å². The Kier molecular flexibility index (Phi) is 10.1. The molecule has 0 aliphatic rings. The van der Waals surface area contributed by atoms with Crippen molar-refractivity contribution < 1.29 is 18.3 Å². The zero-order valence-corrected chi connectivity index (χ0v) is 20.2. The van der Waals surface area contributed by atoms with Gasteiger partial charge in [-0.3, -0.25) is 9.78 Å². The van der Waals surface area contributed by atoms with Gasteiger partial charge in [0.15, 0.2) is 0 Å². The summed E-state index contributed by atoms with van der Waals surface area (Å²) < 4.78 is 32.8. The lowest BCUT2D eigenvalue weighted by Crippen LogP contribution is -2.23. The van der Waals surface area contributed by atoms with Crippen LogP contribution in [-0.2, 0) is 6.54 Å². The van der Waals surface area contributed by atoms with Crippen LogP contribution in [0.1, 0.15) is 54.9 Å². The molecule has 178 valence electrons. The van der Waals surface area contributed by atoms with Crippen LogP contribution in [0.2, 0.25) is 0 Å². The van der Waals surface area contributed by atoms with E-state index in [1.165, 1.54) is 12.1 Å². The fourth-order valence-electron chi connectivity index (χ4n) is 3.23. The standard InChI is InChI=1S/C26H24F2N2O2.C2H6/c1-4-7-19(5-2)24-15-22(10-11-29-24)32-25-9-6-8-23(17(25)3)26(31)30-16-18-12-20(27)14-21(28)13-18;1-2/h4-15H,16H2,1-3H3,(H,30,31);1-2H3/b7-4-,19-5+;. The molecule has 0 radical (unpaired) electrons. The summed E-state index contributed by atoms with van der Waals surface area (Å²) in [4.78, 5) is 17.1. The maximum Gasteiger partial charge on any atom is 0.251 e. The molecule has 0 spiro atoms. The molecule has 0 bridgehead atoms.